The van der Waals surface area contributed by atoms with Crippen LogP contribution in [0, 0.1) is 0 Å². The first-order chi connectivity index (χ1) is 13.1. The predicted molar refractivity (Wildman–Crippen MR) is 89.7 cm³/mol. The van der Waals surface area contributed by atoms with Gasteiger partial charge in [0.1, 0.15) is 0 Å². The molecule has 0 aliphatic carbocycles. The second kappa shape index (κ2) is 8.55. The van der Waals surface area contributed by atoms with Gasteiger partial charge in [-0.15, -0.1) is 0 Å². The van der Waals surface area contributed by atoms with Crippen molar-refractivity contribution in [3.8, 4) is 0 Å². The molecule has 2 aromatic rings. The Labute approximate surface area is 154 Å². The van der Waals surface area contributed by atoms with E-state index in [2.05, 4.69) is 10.2 Å². The van der Waals surface area contributed by atoms with Crippen LogP contribution in [0.3, 0.4) is 0 Å². The molecule has 5 nitrogen and oxygen atoms in total. The number of benzene rings is 2. The van der Waals surface area contributed by atoms with Gasteiger partial charge in [0.15, 0.2) is 0 Å². The average Bonchev–Trinajstić information content (AvgIpc) is 2.61. The summed E-state index contributed by atoms with van der Waals surface area (Å²) in [6.07, 6.45) is -7.63. The number of nitrogens with zero attached hydrogens (tertiary/aromatic N) is 2. The van der Waals surface area contributed by atoms with Gasteiger partial charge in [-0.3, -0.25) is 0 Å². The standard InChI is InChI=1S/C17H12F6N4O/c18-16(19,20)13-7-3-1-5-11(13)9-24-26-15(28)27-25-10-12-6-2-4-8-14(12)17(21,22)23/h1-10H,(H2,26,27,28)/b24-9+,25-10+. The number of hydrogen-bond acceptors (Lipinski definition) is 3. The lowest BCUT2D eigenvalue weighted by molar-refractivity contribution is -0.138. The van der Waals surface area contributed by atoms with Crippen LogP contribution in [-0.2, 0) is 12.4 Å². The van der Waals surface area contributed by atoms with Crippen LogP contribution in [-0.4, -0.2) is 18.5 Å². The Kier molecular flexibility index (Phi) is 6.39. The Morgan fingerprint density at radius 2 is 1.07 bits per heavy atom. The van der Waals surface area contributed by atoms with E-state index in [1.165, 1.54) is 24.3 Å². The van der Waals surface area contributed by atoms with Crippen molar-refractivity contribution in [2.45, 2.75) is 12.4 Å². The van der Waals surface area contributed by atoms with Crippen molar-refractivity contribution in [2.75, 3.05) is 0 Å². The van der Waals surface area contributed by atoms with Gasteiger partial charge in [-0.2, -0.15) is 36.5 Å². The molecule has 148 valence electrons. The lowest BCUT2D eigenvalue weighted by Gasteiger charge is -2.09. The van der Waals surface area contributed by atoms with Gasteiger partial charge < -0.3 is 0 Å². The van der Waals surface area contributed by atoms with Gasteiger partial charge in [0.25, 0.3) is 0 Å². The van der Waals surface area contributed by atoms with Gasteiger partial charge in [-0.25, -0.2) is 15.6 Å². The molecule has 0 aliphatic heterocycles. The topological polar surface area (TPSA) is 65.8 Å². The zero-order valence-corrected chi connectivity index (χ0v) is 13.8. The van der Waals surface area contributed by atoms with Gasteiger partial charge in [0.05, 0.1) is 23.6 Å². The Bertz CT molecular complexity index is 818. The SMILES string of the molecule is O=C(N/N=C/c1ccccc1C(F)(F)F)N/N=C/c1ccccc1C(F)(F)F. The fraction of sp³-hybridized carbons (Fsp3) is 0.118. The number of urea groups is 1. The van der Waals surface area contributed by atoms with Crippen LogP contribution < -0.4 is 10.9 Å². The molecule has 28 heavy (non-hydrogen) atoms. The molecule has 0 unspecified atom stereocenters. The Balaban J connectivity index is 1.98. The summed E-state index contributed by atoms with van der Waals surface area (Å²) in [6.45, 7) is 0. The molecule has 0 saturated carbocycles. The van der Waals surface area contributed by atoms with E-state index < -0.39 is 29.5 Å². The van der Waals surface area contributed by atoms with E-state index in [0.29, 0.717) is 0 Å². The fourth-order valence-corrected chi connectivity index (χ4v) is 2.08. The molecule has 11 heteroatoms. The van der Waals surface area contributed by atoms with Crippen LogP contribution in [0.25, 0.3) is 0 Å². The molecule has 0 bridgehead atoms. The third kappa shape index (κ3) is 5.83. The second-order valence-electron chi connectivity index (χ2n) is 5.24. The number of carbonyl (C=O) groups excluding carboxylic acids is 1. The summed E-state index contributed by atoms with van der Waals surface area (Å²) in [5.41, 5.74) is 1.27. The zero-order chi connectivity index (χ0) is 20.8. The van der Waals surface area contributed by atoms with E-state index in [1.807, 2.05) is 10.9 Å². The van der Waals surface area contributed by atoms with Gasteiger partial charge in [-0.05, 0) is 12.1 Å². The highest BCUT2D eigenvalue weighted by Gasteiger charge is 2.33. The smallest absolute Gasteiger partial charge is 0.245 e. The predicted octanol–water partition coefficient (Wildman–Crippen LogP) is 4.39. The highest BCUT2D eigenvalue weighted by Crippen LogP contribution is 2.31. The summed E-state index contributed by atoms with van der Waals surface area (Å²) in [4.78, 5) is 11.5. The van der Waals surface area contributed by atoms with Gasteiger partial charge in [0.2, 0.25) is 0 Å². The highest BCUT2D eigenvalue weighted by molar-refractivity contribution is 5.85. The number of alkyl halides is 6. The molecular weight excluding hydrogens is 390 g/mol. The monoisotopic (exact) mass is 402 g/mol. The minimum absolute atomic E-state index is 0.280. The molecule has 0 spiro atoms. The van der Waals surface area contributed by atoms with Crippen LogP contribution in [0.2, 0.25) is 0 Å². The number of rotatable bonds is 4. The Morgan fingerprint density at radius 3 is 1.43 bits per heavy atom. The maximum absolute atomic E-state index is 12.8. The van der Waals surface area contributed by atoms with Crippen molar-refractivity contribution in [3.63, 3.8) is 0 Å². The molecule has 2 rings (SSSR count). The molecule has 0 aromatic heterocycles. The molecule has 2 aromatic carbocycles. The summed E-state index contributed by atoms with van der Waals surface area (Å²) in [5, 5.41) is 6.71. The number of hydrazone groups is 2. The van der Waals surface area contributed by atoms with Crippen LogP contribution in [0.1, 0.15) is 22.3 Å². The van der Waals surface area contributed by atoms with Crippen LogP contribution in [0.5, 0.6) is 0 Å². The molecule has 0 radical (unpaired) electrons. The quantitative estimate of drug-likeness (QED) is 0.445. The van der Waals surface area contributed by atoms with Gasteiger partial charge in [0, 0.05) is 11.1 Å². The van der Waals surface area contributed by atoms with E-state index in [0.717, 1.165) is 36.7 Å². The van der Waals surface area contributed by atoms with Crippen molar-refractivity contribution >= 4 is 18.5 Å². The molecule has 2 N–H and O–H groups in total. The van der Waals surface area contributed by atoms with E-state index in [9.17, 15) is 31.1 Å². The van der Waals surface area contributed by atoms with Crippen LogP contribution in [0.4, 0.5) is 31.1 Å². The molecule has 0 heterocycles. The molecule has 2 amide bonds. The van der Waals surface area contributed by atoms with Crippen molar-refractivity contribution in [2.24, 2.45) is 10.2 Å². The fourth-order valence-electron chi connectivity index (χ4n) is 2.08. The number of nitrogens with one attached hydrogen (secondary N) is 2. The Morgan fingerprint density at radius 1 is 0.714 bits per heavy atom. The summed E-state index contributed by atoms with van der Waals surface area (Å²) in [6, 6.07) is 8.07. The van der Waals surface area contributed by atoms with E-state index in [1.54, 1.807) is 0 Å². The first-order valence-electron chi connectivity index (χ1n) is 7.53. The number of halogens is 6. The van der Waals surface area contributed by atoms with E-state index >= 15 is 0 Å². The molecule has 0 saturated heterocycles. The third-order valence-corrected chi connectivity index (χ3v) is 3.27. The summed E-state index contributed by atoms with van der Waals surface area (Å²) < 4.78 is 76.9. The Hall–Kier alpha value is -3.37. The maximum Gasteiger partial charge on any atom is 0.417 e. The first kappa shape index (κ1) is 20.9. The first-order valence-corrected chi connectivity index (χ1v) is 7.53. The molecule has 0 atom stereocenters. The second-order valence-corrected chi connectivity index (χ2v) is 5.24. The minimum Gasteiger partial charge on any atom is -0.245 e. The van der Waals surface area contributed by atoms with Crippen LogP contribution in [0.15, 0.2) is 58.7 Å². The van der Waals surface area contributed by atoms with E-state index in [-0.39, 0.29) is 11.1 Å². The van der Waals surface area contributed by atoms with Crippen molar-refractivity contribution < 1.29 is 31.1 Å². The lowest BCUT2D eigenvalue weighted by Crippen LogP contribution is -2.28. The highest BCUT2D eigenvalue weighted by atomic mass is 19.4. The van der Waals surface area contributed by atoms with Crippen molar-refractivity contribution in [3.05, 3.63) is 70.8 Å². The average molecular weight is 402 g/mol. The number of hydrogen-bond donors (Lipinski definition) is 2. The summed E-state index contributed by atoms with van der Waals surface area (Å²) in [5.74, 6) is 0. The number of carbonyl (C=O) groups is 1. The van der Waals surface area contributed by atoms with Gasteiger partial charge >= 0.3 is 18.4 Å². The largest absolute Gasteiger partial charge is 0.417 e. The van der Waals surface area contributed by atoms with Crippen molar-refractivity contribution in [1.82, 2.24) is 10.9 Å². The lowest BCUT2D eigenvalue weighted by atomic mass is 10.1. The number of amides is 2. The summed E-state index contributed by atoms with van der Waals surface area (Å²) >= 11 is 0. The minimum atomic E-state index is -4.60. The van der Waals surface area contributed by atoms with Gasteiger partial charge in [-0.1, -0.05) is 36.4 Å². The summed E-state index contributed by atoms with van der Waals surface area (Å²) in [7, 11) is 0. The maximum atomic E-state index is 12.8. The zero-order valence-electron chi connectivity index (χ0n) is 13.8. The van der Waals surface area contributed by atoms with E-state index in [4.69, 9.17) is 0 Å². The third-order valence-electron chi connectivity index (χ3n) is 3.27. The van der Waals surface area contributed by atoms with Crippen molar-refractivity contribution in [1.29, 1.82) is 0 Å². The molecular formula is C17H12F6N4O. The normalized spacial score (nSPS) is 12.5. The molecule has 0 fully saturated rings. The molecule has 0 aliphatic rings. The van der Waals surface area contributed by atoms with Crippen LogP contribution >= 0.6 is 0 Å².